The predicted octanol–water partition coefficient (Wildman–Crippen LogP) is 1.48. The molecule has 3 rings (SSSR count). The van der Waals surface area contributed by atoms with E-state index in [1.807, 2.05) is 31.2 Å². The van der Waals surface area contributed by atoms with E-state index < -0.39 is 23.1 Å². The molecule has 0 bridgehead atoms. The molecule has 0 radical (unpaired) electrons. The Hall–Kier alpha value is -2.41. The van der Waals surface area contributed by atoms with Gasteiger partial charge in [-0.15, -0.1) is 0 Å². The van der Waals surface area contributed by atoms with Crippen LogP contribution in [0.3, 0.4) is 0 Å². The summed E-state index contributed by atoms with van der Waals surface area (Å²) in [5.41, 5.74) is -0.610. The van der Waals surface area contributed by atoms with Gasteiger partial charge < -0.3 is 15.7 Å². The monoisotopic (exact) mass is 373 g/mol. The number of urea groups is 1. The molecule has 1 spiro atoms. The van der Waals surface area contributed by atoms with Crippen molar-refractivity contribution < 1.29 is 19.5 Å². The predicted molar refractivity (Wildman–Crippen MR) is 99.7 cm³/mol. The minimum Gasteiger partial charge on any atom is -0.378 e. The molecule has 1 aromatic carbocycles. The smallest absolute Gasteiger partial charge is 0.325 e. The van der Waals surface area contributed by atoms with Crippen molar-refractivity contribution in [1.82, 2.24) is 15.5 Å². The summed E-state index contributed by atoms with van der Waals surface area (Å²) >= 11 is 0. The van der Waals surface area contributed by atoms with Crippen molar-refractivity contribution in [2.75, 3.05) is 6.54 Å². The highest BCUT2D eigenvalue weighted by atomic mass is 16.3. The van der Waals surface area contributed by atoms with E-state index in [4.69, 9.17) is 0 Å². The molecule has 1 aromatic rings. The Labute approximate surface area is 159 Å². The zero-order valence-electron chi connectivity index (χ0n) is 15.9. The average Bonchev–Trinajstić information content (AvgIpc) is 3.20. The zero-order chi connectivity index (χ0) is 19.7. The number of rotatable bonds is 6. The van der Waals surface area contributed by atoms with E-state index in [0.29, 0.717) is 12.8 Å². The number of aryl methyl sites for hydroxylation is 1. The zero-order valence-corrected chi connectivity index (χ0v) is 15.9. The number of hydrogen-bond donors (Lipinski definition) is 3. The maximum absolute atomic E-state index is 12.7. The van der Waals surface area contributed by atoms with Gasteiger partial charge >= 0.3 is 6.03 Å². The molecule has 1 atom stereocenters. The Bertz CT molecular complexity index is 753. The van der Waals surface area contributed by atoms with Crippen LogP contribution in [0.15, 0.2) is 24.3 Å². The maximum Gasteiger partial charge on any atom is 0.325 e. The largest absolute Gasteiger partial charge is 0.378 e. The number of benzene rings is 1. The molecule has 146 valence electrons. The van der Waals surface area contributed by atoms with Gasteiger partial charge in [-0.2, -0.15) is 0 Å². The van der Waals surface area contributed by atoms with E-state index in [0.717, 1.165) is 35.3 Å². The number of nitrogens with one attached hydrogen (secondary N) is 2. The Kier molecular flexibility index (Phi) is 5.24. The number of carbonyl (C=O) groups is 3. The lowest BCUT2D eigenvalue weighted by Gasteiger charge is -2.27. The fourth-order valence-corrected chi connectivity index (χ4v) is 3.96. The minimum atomic E-state index is -1.86. The summed E-state index contributed by atoms with van der Waals surface area (Å²) in [7, 11) is 0. The number of aliphatic hydroxyl groups is 1. The SMILES string of the molecule is CCc1ccccc1CNC(=O)C(C)(O)CN1C(=O)NC2(CCCC2)C1=O. The maximum atomic E-state index is 12.7. The van der Waals surface area contributed by atoms with E-state index in [9.17, 15) is 19.5 Å². The first-order valence-electron chi connectivity index (χ1n) is 9.51. The van der Waals surface area contributed by atoms with E-state index in [1.165, 1.54) is 6.92 Å². The van der Waals surface area contributed by atoms with Crippen molar-refractivity contribution in [1.29, 1.82) is 0 Å². The third-order valence-corrected chi connectivity index (χ3v) is 5.60. The van der Waals surface area contributed by atoms with E-state index >= 15 is 0 Å². The third kappa shape index (κ3) is 3.69. The lowest BCUT2D eigenvalue weighted by molar-refractivity contribution is -0.142. The Morgan fingerprint density at radius 1 is 1.26 bits per heavy atom. The Morgan fingerprint density at radius 2 is 1.89 bits per heavy atom. The van der Waals surface area contributed by atoms with Gasteiger partial charge in [0.05, 0.1) is 6.54 Å². The van der Waals surface area contributed by atoms with E-state index in [-0.39, 0.29) is 19.0 Å². The average molecular weight is 373 g/mol. The highest BCUT2D eigenvalue weighted by molar-refractivity contribution is 6.07. The van der Waals surface area contributed by atoms with Gasteiger partial charge in [0.2, 0.25) is 0 Å². The molecule has 1 saturated heterocycles. The van der Waals surface area contributed by atoms with Gasteiger partial charge in [0, 0.05) is 6.54 Å². The number of β-amino-alcohol motifs (C(OH)–C–C–N with tert-alkyl or cyclic N) is 1. The van der Waals surface area contributed by atoms with Crippen LogP contribution in [0.1, 0.15) is 50.7 Å². The first kappa shape index (κ1) is 19.4. The molecule has 1 saturated carbocycles. The third-order valence-electron chi connectivity index (χ3n) is 5.60. The standard InChI is InChI=1S/C20H27N3O4/c1-3-14-8-4-5-9-15(14)12-21-16(24)19(2,27)13-23-17(25)20(22-18(23)26)10-6-7-11-20/h4-5,8-9,27H,3,6-7,10-13H2,1-2H3,(H,21,24)(H,22,26). The van der Waals surface area contributed by atoms with Crippen LogP contribution in [0, 0.1) is 0 Å². The summed E-state index contributed by atoms with van der Waals surface area (Å²) in [5.74, 6) is -0.948. The molecule has 1 aliphatic carbocycles. The lowest BCUT2D eigenvalue weighted by atomic mass is 9.97. The molecule has 1 aliphatic heterocycles. The van der Waals surface area contributed by atoms with E-state index in [1.54, 1.807) is 0 Å². The van der Waals surface area contributed by atoms with Gasteiger partial charge in [-0.3, -0.25) is 14.5 Å². The summed E-state index contributed by atoms with van der Waals surface area (Å²) in [6.07, 6.45) is 3.82. The van der Waals surface area contributed by atoms with Crippen molar-refractivity contribution >= 4 is 17.8 Å². The minimum absolute atomic E-state index is 0.281. The van der Waals surface area contributed by atoms with Gasteiger partial charge in [-0.05, 0) is 37.3 Å². The van der Waals surface area contributed by atoms with Crippen molar-refractivity contribution in [3.8, 4) is 0 Å². The molecule has 3 N–H and O–H groups in total. The fourth-order valence-electron chi connectivity index (χ4n) is 3.96. The van der Waals surface area contributed by atoms with Crippen LogP contribution in [-0.4, -0.2) is 45.5 Å². The van der Waals surface area contributed by atoms with Crippen LogP contribution in [-0.2, 0) is 22.6 Å². The molecular formula is C20H27N3O4. The van der Waals surface area contributed by atoms with Gasteiger partial charge in [0.1, 0.15) is 5.54 Å². The highest BCUT2D eigenvalue weighted by Gasteiger charge is 2.54. The second-order valence-electron chi connectivity index (χ2n) is 7.69. The molecule has 7 heteroatoms. The summed E-state index contributed by atoms with van der Waals surface area (Å²) in [4.78, 5) is 38.5. The van der Waals surface area contributed by atoms with Crippen molar-refractivity contribution in [2.45, 2.75) is 63.6 Å². The van der Waals surface area contributed by atoms with Gasteiger partial charge in [-0.25, -0.2) is 4.79 Å². The van der Waals surface area contributed by atoms with E-state index in [2.05, 4.69) is 10.6 Å². The molecule has 27 heavy (non-hydrogen) atoms. The molecular weight excluding hydrogens is 346 g/mol. The van der Waals surface area contributed by atoms with Crippen LogP contribution in [0.25, 0.3) is 0 Å². The molecule has 2 aliphatic rings. The van der Waals surface area contributed by atoms with Gasteiger partial charge in [0.25, 0.3) is 11.8 Å². The van der Waals surface area contributed by atoms with Crippen molar-refractivity contribution in [2.24, 2.45) is 0 Å². The fraction of sp³-hybridized carbons (Fsp3) is 0.550. The number of amides is 4. The first-order chi connectivity index (χ1) is 12.8. The number of imide groups is 1. The summed E-state index contributed by atoms with van der Waals surface area (Å²) in [6, 6.07) is 7.22. The number of nitrogens with zero attached hydrogens (tertiary/aromatic N) is 1. The van der Waals surface area contributed by atoms with Gasteiger partial charge in [0.15, 0.2) is 5.60 Å². The first-order valence-corrected chi connectivity index (χ1v) is 9.51. The van der Waals surface area contributed by atoms with Crippen LogP contribution in [0.4, 0.5) is 4.79 Å². The van der Waals surface area contributed by atoms with Gasteiger partial charge in [-0.1, -0.05) is 44.0 Å². The second kappa shape index (κ2) is 7.31. The van der Waals surface area contributed by atoms with Crippen LogP contribution < -0.4 is 10.6 Å². The summed E-state index contributed by atoms with van der Waals surface area (Å²) < 4.78 is 0. The van der Waals surface area contributed by atoms with Crippen LogP contribution >= 0.6 is 0 Å². The van der Waals surface area contributed by atoms with Crippen LogP contribution in [0.5, 0.6) is 0 Å². The molecule has 1 heterocycles. The topological polar surface area (TPSA) is 98.7 Å². The Morgan fingerprint density at radius 3 is 2.52 bits per heavy atom. The van der Waals surface area contributed by atoms with Crippen LogP contribution in [0.2, 0.25) is 0 Å². The molecule has 0 aromatic heterocycles. The quantitative estimate of drug-likeness (QED) is 0.658. The second-order valence-corrected chi connectivity index (χ2v) is 7.69. The summed E-state index contributed by atoms with van der Waals surface area (Å²) in [5, 5.41) is 16.1. The summed E-state index contributed by atoms with van der Waals surface area (Å²) in [6.45, 7) is 3.28. The number of hydrogen-bond acceptors (Lipinski definition) is 4. The molecule has 4 amide bonds. The molecule has 2 fully saturated rings. The Balaban J connectivity index is 1.64. The lowest BCUT2D eigenvalue weighted by Crippen LogP contribution is -2.54. The normalized spacial score (nSPS) is 20.6. The molecule has 1 unspecified atom stereocenters. The van der Waals surface area contributed by atoms with Crippen molar-refractivity contribution in [3.63, 3.8) is 0 Å². The highest BCUT2D eigenvalue weighted by Crippen LogP contribution is 2.35. The van der Waals surface area contributed by atoms with Crippen molar-refractivity contribution in [3.05, 3.63) is 35.4 Å². The number of carbonyl (C=O) groups excluding carboxylic acids is 3. The molecule has 7 nitrogen and oxygen atoms in total.